The van der Waals surface area contributed by atoms with Gasteiger partial charge in [-0.05, 0) is 66.5 Å². The molecule has 0 amide bonds. The van der Waals surface area contributed by atoms with Crippen LogP contribution in [0.1, 0.15) is 69.4 Å². The van der Waals surface area contributed by atoms with Crippen LogP contribution in [0.2, 0.25) is 0 Å². The Kier molecular flexibility index (Phi) is 6.69. The number of hydrogen-bond acceptors (Lipinski definition) is 2. The van der Waals surface area contributed by atoms with Gasteiger partial charge in [-0.1, -0.05) is 75.4 Å². The van der Waals surface area contributed by atoms with Gasteiger partial charge < -0.3 is 4.42 Å². The molecule has 2 aliphatic rings. The van der Waals surface area contributed by atoms with Gasteiger partial charge in [-0.3, -0.25) is 4.90 Å². The van der Waals surface area contributed by atoms with Crippen LogP contribution in [0.15, 0.2) is 65.3 Å². The lowest BCUT2D eigenvalue weighted by Crippen LogP contribution is -2.35. The van der Waals surface area contributed by atoms with Gasteiger partial charge in [0, 0.05) is 18.7 Å². The molecule has 1 aliphatic heterocycles. The molecule has 0 bridgehead atoms. The Morgan fingerprint density at radius 3 is 2.61 bits per heavy atom. The maximum atomic E-state index is 14.1. The van der Waals surface area contributed by atoms with Crippen LogP contribution >= 0.6 is 0 Å². The molecule has 1 fully saturated rings. The summed E-state index contributed by atoms with van der Waals surface area (Å²) in [7, 11) is 0. The van der Waals surface area contributed by atoms with Crippen molar-refractivity contribution in [2.75, 3.05) is 19.6 Å². The van der Waals surface area contributed by atoms with E-state index in [0.29, 0.717) is 11.0 Å². The van der Waals surface area contributed by atoms with Crippen LogP contribution in [0.25, 0.3) is 16.5 Å². The van der Waals surface area contributed by atoms with Crippen LogP contribution in [-0.2, 0) is 5.41 Å². The number of rotatable bonds is 7. The Labute approximate surface area is 197 Å². The summed E-state index contributed by atoms with van der Waals surface area (Å²) in [4.78, 5) is 2.58. The molecule has 33 heavy (non-hydrogen) atoms. The zero-order valence-corrected chi connectivity index (χ0v) is 19.9. The molecule has 5 rings (SSSR count). The van der Waals surface area contributed by atoms with Crippen molar-refractivity contribution in [2.45, 2.75) is 63.7 Å². The van der Waals surface area contributed by atoms with Gasteiger partial charge in [0.1, 0.15) is 11.4 Å². The molecule has 2 aromatic carbocycles. The quantitative estimate of drug-likeness (QED) is 0.366. The molecule has 3 aromatic rings. The maximum absolute atomic E-state index is 14.1. The number of halogens is 1. The van der Waals surface area contributed by atoms with Crippen LogP contribution < -0.4 is 0 Å². The lowest BCUT2D eigenvalue weighted by molar-refractivity contribution is 0.218. The van der Waals surface area contributed by atoms with Crippen molar-refractivity contribution in [3.8, 4) is 0 Å². The summed E-state index contributed by atoms with van der Waals surface area (Å²) in [5.74, 6) is 0.657. The Hall–Kier alpha value is -2.39. The fraction of sp³-hybridized carbons (Fsp3) is 0.467. The average molecular weight is 446 g/mol. The molecule has 0 radical (unpaired) electrons. The highest BCUT2D eigenvalue weighted by atomic mass is 19.1. The fourth-order valence-electron chi connectivity index (χ4n) is 6.08. The molecule has 3 heteroatoms. The Balaban J connectivity index is 1.27. The van der Waals surface area contributed by atoms with Crippen molar-refractivity contribution < 1.29 is 8.81 Å². The highest BCUT2D eigenvalue weighted by molar-refractivity contribution is 5.90. The van der Waals surface area contributed by atoms with Crippen LogP contribution in [0.4, 0.5) is 4.39 Å². The number of benzene rings is 2. The van der Waals surface area contributed by atoms with E-state index in [4.69, 9.17) is 4.42 Å². The van der Waals surface area contributed by atoms with E-state index < -0.39 is 0 Å². The molecular weight excluding hydrogens is 409 g/mol. The Morgan fingerprint density at radius 1 is 1.03 bits per heavy atom. The molecule has 1 saturated carbocycles. The predicted octanol–water partition coefficient (Wildman–Crippen LogP) is 7.98. The first-order valence-corrected chi connectivity index (χ1v) is 12.8. The third-order valence-corrected chi connectivity index (χ3v) is 8.12. The van der Waals surface area contributed by atoms with Crippen molar-refractivity contribution in [2.24, 2.45) is 5.92 Å². The first-order valence-electron chi connectivity index (χ1n) is 12.8. The standard InChI is InChI=1S/C30H36FNO/c1-30(25-10-6-3-7-11-25,22-23-8-4-2-5-9-23)17-20-32-18-14-24(15-19-32)26-12-13-28(31)27-16-21-33-29(26)27/h3,6-7,10-14,16,21,23H,2,4-5,8-9,15,17-20,22H2,1H3. The van der Waals surface area contributed by atoms with Gasteiger partial charge in [0.05, 0.1) is 11.6 Å². The fourth-order valence-corrected chi connectivity index (χ4v) is 6.08. The van der Waals surface area contributed by atoms with Gasteiger partial charge in [-0.15, -0.1) is 0 Å². The molecule has 1 atom stereocenters. The van der Waals surface area contributed by atoms with Crippen LogP contribution in [0, 0.1) is 11.7 Å². The maximum Gasteiger partial charge on any atom is 0.144 e. The minimum Gasteiger partial charge on any atom is -0.464 e. The van der Waals surface area contributed by atoms with Crippen LogP contribution in [0.5, 0.6) is 0 Å². The summed E-state index contributed by atoms with van der Waals surface area (Å²) in [6.45, 7) is 5.60. The third-order valence-electron chi connectivity index (χ3n) is 8.12. The van der Waals surface area contributed by atoms with Gasteiger partial charge in [0.25, 0.3) is 0 Å². The van der Waals surface area contributed by atoms with E-state index in [2.05, 4.69) is 48.2 Å². The molecule has 174 valence electrons. The SMILES string of the molecule is CC(CCN1CC=C(c2ccc(F)c3ccoc23)CC1)(CC1CCCCC1)c1ccccc1. The summed E-state index contributed by atoms with van der Waals surface area (Å²) in [5, 5.41) is 0.581. The summed E-state index contributed by atoms with van der Waals surface area (Å²) in [6.07, 6.45) is 14.4. The summed E-state index contributed by atoms with van der Waals surface area (Å²) < 4.78 is 19.7. The highest BCUT2D eigenvalue weighted by Gasteiger charge is 2.31. The van der Waals surface area contributed by atoms with Gasteiger partial charge in [0.15, 0.2) is 0 Å². The lowest BCUT2D eigenvalue weighted by Gasteiger charge is -2.38. The molecular formula is C30H36FNO. The summed E-state index contributed by atoms with van der Waals surface area (Å²) >= 11 is 0. The number of fused-ring (bicyclic) bond motifs is 1. The smallest absolute Gasteiger partial charge is 0.144 e. The number of hydrogen-bond donors (Lipinski definition) is 0. The van der Waals surface area contributed by atoms with Crippen molar-refractivity contribution in [3.63, 3.8) is 0 Å². The second kappa shape index (κ2) is 9.85. The molecule has 1 aliphatic carbocycles. The first-order chi connectivity index (χ1) is 16.1. The summed E-state index contributed by atoms with van der Waals surface area (Å²) in [5.41, 5.74) is 4.72. The van der Waals surface area contributed by atoms with Crippen molar-refractivity contribution in [3.05, 3.63) is 77.8 Å². The molecule has 0 N–H and O–H groups in total. The molecule has 2 nitrogen and oxygen atoms in total. The molecule has 1 aromatic heterocycles. The Bertz CT molecular complexity index is 1090. The molecule has 2 heterocycles. The Morgan fingerprint density at radius 2 is 1.85 bits per heavy atom. The van der Waals surface area contributed by atoms with Gasteiger partial charge in [0.2, 0.25) is 0 Å². The lowest BCUT2D eigenvalue weighted by atomic mass is 9.70. The average Bonchev–Trinajstić information content (AvgIpc) is 3.36. The zero-order valence-electron chi connectivity index (χ0n) is 19.9. The van der Waals surface area contributed by atoms with E-state index >= 15 is 0 Å². The van der Waals surface area contributed by atoms with E-state index in [-0.39, 0.29) is 11.2 Å². The van der Waals surface area contributed by atoms with Gasteiger partial charge in [-0.2, -0.15) is 0 Å². The van der Waals surface area contributed by atoms with E-state index in [1.165, 1.54) is 56.1 Å². The van der Waals surface area contributed by atoms with E-state index in [0.717, 1.165) is 37.5 Å². The molecule has 0 spiro atoms. The predicted molar refractivity (Wildman–Crippen MR) is 135 cm³/mol. The minimum absolute atomic E-state index is 0.210. The van der Waals surface area contributed by atoms with Crippen molar-refractivity contribution in [1.29, 1.82) is 0 Å². The number of furan rings is 1. The second-order valence-corrected chi connectivity index (χ2v) is 10.4. The topological polar surface area (TPSA) is 16.4 Å². The van der Waals surface area contributed by atoms with Crippen molar-refractivity contribution in [1.82, 2.24) is 4.90 Å². The first kappa shape index (κ1) is 22.4. The second-order valence-electron chi connectivity index (χ2n) is 10.4. The van der Waals surface area contributed by atoms with Gasteiger partial charge in [-0.25, -0.2) is 4.39 Å². The minimum atomic E-state index is -0.210. The monoisotopic (exact) mass is 445 g/mol. The van der Waals surface area contributed by atoms with Crippen LogP contribution in [0.3, 0.4) is 0 Å². The normalized spacial score (nSPS) is 20.0. The van der Waals surface area contributed by atoms with E-state index in [1.807, 2.05) is 6.07 Å². The van der Waals surface area contributed by atoms with E-state index in [9.17, 15) is 4.39 Å². The largest absolute Gasteiger partial charge is 0.464 e. The third kappa shape index (κ3) is 4.94. The van der Waals surface area contributed by atoms with Crippen LogP contribution in [-0.4, -0.2) is 24.5 Å². The molecule has 0 saturated heterocycles. The summed E-state index contributed by atoms with van der Waals surface area (Å²) in [6, 6.07) is 16.4. The van der Waals surface area contributed by atoms with Gasteiger partial charge >= 0.3 is 0 Å². The van der Waals surface area contributed by atoms with E-state index in [1.54, 1.807) is 18.4 Å². The zero-order chi connectivity index (χ0) is 22.7. The molecule has 1 unspecified atom stereocenters. The highest BCUT2D eigenvalue weighted by Crippen LogP contribution is 2.40. The number of nitrogens with zero attached hydrogens (tertiary/aromatic N) is 1. The van der Waals surface area contributed by atoms with Crippen molar-refractivity contribution >= 4 is 16.5 Å².